The number of carbonyl (C=O) groups excluding carboxylic acids is 1. The number of benzene rings is 1. The molecule has 0 saturated heterocycles. The molecule has 0 aromatic heterocycles. The van der Waals surface area contributed by atoms with Crippen molar-refractivity contribution in [3.05, 3.63) is 35.9 Å². The number of hydrogen-bond donors (Lipinski definition) is 0. The van der Waals surface area contributed by atoms with Crippen molar-refractivity contribution in [2.45, 2.75) is 78.3 Å². The second-order valence-corrected chi connectivity index (χ2v) is 12.2. The minimum absolute atomic E-state index is 0.164. The van der Waals surface area contributed by atoms with Crippen LogP contribution in [0.3, 0.4) is 0 Å². The fourth-order valence-corrected chi connectivity index (χ4v) is 6.65. The molecule has 3 atom stereocenters. The molecule has 0 N–H and O–H groups in total. The smallest absolute Gasteiger partial charge is 0.192 e. The lowest BCUT2D eigenvalue weighted by atomic mass is 9.91. The van der Waals surface area contributed by atoms with E-state index in [2.05, 4.69) is 46.8 Å². The van der Waals surface area contributed by atoms with Gasteiger partial charge in [-0.2, -0.15) is 0 Å². The molecule has 0 aliphatic heterocycles. The molecule has 0 aliphatic carbocycles. The maximum Gasteiger partial charge on any atom is 0.192 e. The van der Waals surface area contributed by atoms with Crippen LogP contribution in [-0.2, 0) is 20.6 Å². The highest BCUT2D eigenvalue weighted by Crippen LogP contribution is 2.30. The molecule has 0 saturated carbocycles. The molecule has 4 heteroatoms. The normalized spacial score (nSPS) is 15.4. The largest absolute Gasteiger partial charge is 0.413 e. The van der Waals surface area contributed by atoms with Crippen molar-refractivity contribution in [1.29, 1.82) is 0 Å². The molecule has 0 spiro atoms. The van der Waals surface area contributed by atoms with E-state index in [1.807, 2.05) is 18.2 Å². The molecule has 0 unspecified atom stereocenters. The summed E-state index contributed by atoms with van der Waals surface area (Å²) in [6.07, 6.45) is 2.68. The van der Waals surface area contributed by atoms with Crippen LogP contribution in [0.15, 0.2) is 30.3 Å². The fraction of sp³-hybridized carbons (Fsp3) is 0.682. The zero-order chi connectivity index (χ0) is 19.4. The van der Waals surface area contributed by atoms with Crippen LogP contribution in [0.4, 0.5) is 0 Å². The average molecular weight is 379 g/mol. The van der Waals surface area contributed by atoms with Crippen LogP contribution in [0.25, 0.3) is 0 Å². The molecule has 26 heavy (non-hydrogen) atoms. The van der Waals surface area contributed by atoms with Crippen LogP contribution in [0.1, 0.15) is 53.0 Å². The molecule has 3 nitrogen and oxygen atoms in total. The minimum Gasteiger partial charge on any atom is -0.413 e. The van der Waals surface area contributed by atoms with Gasteiger partial charge in [0.25, 0.3) is 0 Å². The van der Waals surface area contributed by atoms with E-state index in [1.165, 1.54) is 5.56 Å². The number of carbonyl (C=O) groups is 1. The fourth-order valence-electron chi connectivity index (χ4n) is 3.61. The van der Waals surface area contributed by atoms with Crippen molar-refractivity contribution in [3.8, 4) is 0 Å². The van der Waals surface area contributed by atoms with Gasteiger partial charge in [0.05, 0.1) is 19.3 Å². The second-order valence-electron chi connectivity index (χ2n) is 7.53. The lowest BCUT2D eigenvalue weighted by molar-refractivity contribution is -0.108. The van der Waals surface area contributed by atoms with Crippen LogP contribution in [0.5, 0.6) is 0 Å². The Kier molecular flexibility index (Phi) is 11.0. The van der Waals surface area contributed by atoms with Gasteiger partial charge in [0.1, 0.15) is 6.29 Å². The van der Waals surface area contributed by atoms with Crippen LogP contribution >= 0.6 is 0 Å². The Balaban J connectivity index is 2.73. The maximum atomic E-state index is 10.8. The van der Waals surface area contributed by atoms with Gasteiger partial charge in [0.15, 0.2) is 8.32 Å². The Morgan fingerprint density at radius 1 is 1.00 bits per heavy atom. The molecule has 0 bridgehead atoms. The third kappa shape index (κ3) is 7.34. The first kappa shape index (κ1) is 23.1. The number of aldehydes is 1. The Morgan fingerprint density at radius 3 is 2.15 bits per heavy atom. The highest BCUT2D eigenvalue weighted by Gasteiger charge is 2.36. The molecular formula is C22H38O3Si. The number of hydrogen-bond acceptors (Lipinski definition) is 3. The summed E-state index contributed by atoms with van der Waals surface area (Å²) in [7, 11) is -1.69. The second kappa shape index (κ2) is 12.4. The van der Waals surface area contributed by atoms with Gasteiger partial charge in [-0.3, -0.25) is 0 Å². The summed E-state index contributed by atoms with van der Waals surface area (Å²) in [5, 5.41) is 0. The van der Waals surface area contributed by atoms with Crippen LogP contribution < -0.4 is 0 Å². The first-order valence-electron chi connectivity index (χ1n) is 10.2. The summed E-state index contributed by atoms with van der Waals surface area (Å²) >= 11 is 0. The summed E-state index contributed by atoms with van der Waals surface area (Å²) in [4.78, 5) is 10.8. The number of ether oxygens (including phenoxy) is 1. The van der Waals surface area contributed by atoms with Crippen LogP contribution in [-0.4, -0.2) is 27.3 Å². The van der Waals surface area contributed by atoms with E-state index in [9.17, 15) is 4.79 Å². The van der Waals surface area contributed by atoms with Crippen molar-refractivity contribution in [2.75, 3.05) is 6.61 Å². The lowest BCUT2D eigenvalue weighted by Crippen LogP contribution is -2.45. The minimum atomic E-state index is -1.69. The molecule has 0 heterocycles. The van der Waals surface area contributed by atoms with Crippen LogP contribution in [0.2, 0.25) is 18.1 Å². The van der Waals surface area contributed by atoms with Gasteiger partial charge in [-0.1, -0.05) is 65.0 Å². The predicted molar refractivity (Wildman–Crippen MR) is 112 cm³/mol. The van der Waals surface area contributed by atoms with E-state index in [0.717, 1.165) is 30.8 Å². The first-order valence-corrected chi connectivity index (χ1v) is 12.8. The van der Waals surface area contributed by atoms with Crippen molar-refractivity contribution in [3.63, 3.8) is 0 Å². The van der Waals surface area contributed by atoms with Gasteiger partial charge in [-0.25, -0.2) is 0 Å². The quantitative estimate of drug-likeness (QED) is 0.301. The van der Waals surface area contributed by atoms with Crippen molar-refractivity contribution >= 4 is 14.6 Å². The first-order chi connectivity index (χ1) is 12.5. The summed E-state index contributed by atoms with van der Waals surface area (Å²) in [6.45, 7) is 12.6. The Bertz CT molecular complexity index is 479. The molecule has 0 aliphatic rings. The van der Waals surface area contributed by atoms with Gasteiger partial charge in [-0.15, -0.1) is 0 Å². The third-order valence-corrected chi connectivity index (χ3v) is 10.3. The van der Waals surface area contributed by atoms with Gasteiger partial charge < -0.3 is 14.0 Å². The van der Waals surface area contributed by atoms with Crippen molar-refractivity contribution in [1.82, 2.24) is 0 Å². The molecule has 1 rings (SSSR count). The average Bonchev–Trinajstić information content (AvgIpc) is 2.68. The summed E-state index contributed by atoms with van der Waals surface area (Å²) in [5.41, 5.74) is 1.20. The topological polar surface area (TPSA) is 35.5 Å². The van der Waals surface area contributed by atoms with Gasteiger partial charge in [0.2, 0.25) is 0 Å². The SMILES string of the molecule is CC[Si](CC)(CC)O[C@H]([C@@H](C)CCC=O)[C@@H](C)COCc1ccccc1. The van der Waals surface area contributed by atoms with Gasteiger partial charge >= 0.3 is 0 Å². The van der Waals surface area contributed by atoms with Gasteiger partial charge in [-0.05, 0) is 36.0 Å². The molecule has 0 fully saturated rings. The van der Waals surface area contributed by atoms with E-state index in [4.69, 9.17) is 9.16 Å². The molecule has 148 valence electrons. The highest BCUT2D eigenvalue weighted by molar-refractivity contribution is 6.73. The van der Waals surface area contributed by atoms with E-state index in [1.54, 1.807) is 0 Å². The van der Waals surface area contributed by atoms with E-state index in [0.29, 0.717) is 31.5 Å². The lowest BCUT2D eigenvalue weighted by Gasteiger charge is -2.39. The highest BCUT2D eigenvalue weighted by atomic mass is 28.4. The van der Waals surface area contributed by atoms with Crippen LogP contribution in [0, 0.1) is 11.8 Å². The zero-order valence-corrected chi connectivity index (χ0v) is 18.4. The Morgan fingerprint density at radius 2 is 1.62 bits per heavy atom. The van der Waals surface area contributed by atoms with E-state index < -0.39 is 8.32 Å². The number of rotatable bonds is 14. The molecule has 1 aromatic rings. The Labute approximate surface area is 161 Å². The maximum absolute atomic E-state index is 10.8. The molecule has 1 aromatic carbocycles. The van der Waals surface area contributed by atoms with E-state index >= 15 is 0 Å². The standard InChI is InChI=1S/C22H38O3Si/c1-6-26(7-2,8-3)25-22(19(4)13-12-16-23)20(5)17-24-18-21-14-10-9-11-15-21/h9-11,14-16,19-20,22H,6-8,12-13,17-18H2,1-5H3/t19-,20-,22+/m0/s1. The molecular weight excluding hydrogens is 340 g/mol. The summed E-state index contributed by atoms with van der Waals surface area (Å²) in [6, 6.07) is 13.7. The Hall–Kier alpha value is -0.973. The van der Waals surface area contributed by atoms with Gasteiger partial charge in [0, 0.05) is 12.3 Å². The summed E-state index contributed by atoms with van der Waals surface area (Å²) < 4.78 is 12.9. The third-order valence-electron chi connectivity index (χ3n) is 5.67. The zero-order valence-electron chi connectivity index (χ0n) is 17.4. The van der Waals surface area contributed by atoms with E-state index in [-0.39, 0.29) is 6.10 Å². The molecule has 0 amide bonds. The monoisotopic (exact) mass is 378 g/mol. The van der Waals surface area contributed by atoms with Crippen molar-refractivity contribution < 1.29 is 14.0 Å². The molecule has 0 radical (unpaired) electrons. The van der Waals surface area contributed by atoms with Crippen molar-refractivity contribution in [2.24, 2.45) is 11.8 Å². The predicted octanol–water partition coefficient (Wildman–Crippen LogP) is 5.84. The summed E-state index contributed by atoms with van der Waals surface area (Å²) in [5.74, 6) is 0.684.